The topological polar surface area (TPSA) is 59.3 Å². The summed E-state index contributed by atoms with van der Waals surface area (Å²) in [6.45, 7) is 0.518. The van der Waals surface area contributed by atoms with Gasteiger partial charge >= 0.3 is 0 Å². The van der Waals surface area contributed by atoms with Gasteiger partial charge in [0.2, 0.25) is 0 Å². The lowest BCUT2D eigenvalue weighted by Gasteiger charge is -2.05. The highest BCUT2D eigenvalue weighted by Crippen LogP contribution is 2.18. The third kappa shape index (κ3) is 5.74. The van der Waals surface area contributed by atoms with E-state index in [1.807, 2.05) is 6.26 Å². The van der Waals surface area contributed by atoms with Crippen molar-refractivity contribution in [3.63, 3.8) is 0 Å². The highest BCUT2D eigenvalue weighted by molar-refractivity contribution is 7.98. The van der Waals surface area contributed by atoms with Gasteiger partial charge in [-0.1, -0.05) is 23.7 Å². The number of carbonyl (C=O) groups excluding carboxylic acids is 1. The van der Waals surface area contributed by atoms with Gasteiger partial charge in [-0.2, -0.15) is 0 Å². The zero-order valence-electron chi connectivity index (χ0n) is 15.3. The smallest absolute Gasteiger partial charge is 0.287 e. The van der Waals surface area contributed by atoms with Crippen LogP contribution in [-0.2, 0) is 23.0 Å². The second-order valence-corrected chi connectivity index (χ2v) is 8.83. The van der Waals surface area contributed by atoms with Crippen LogP contribution < -0.4 is 5.32 Å². The van der Waals surface area contributed by atoms with Crippen LogP contribution in [0.4, 0.5) is 0 Å². The average molecular weight is 434 g/mol. The molecule has 0 aliphatic rings. The quantitative estimate of drug-likeness (QED) is 0.511. The molecular weight excluding hydrogens is 414 g/mol. The highest BCUT2D eigenvalue weighted by Gasteiger charge is 2.13. The molecule has 1 heterocycles. The number of hydrogen-bond donors (Lipinski definition) is 1. The molecule has 1 atom stereocenters. The van der Waals surface area contributed by atoms with Crippen molar-refractivity contribution in [1.29, 1.82) is 0 Å². The van der Waals surface area contributed by atoms with E-state index < -0.39 is 10.8 Å². The Labute approximate surface area is 176 Å². The number of thioether (sulfide) groups is 1. The average Bonchev–Trinajstić information content (AvgIpc) is 3.17. The van der Waals surface area contributed by atoms with Gasteiger partial charge in [-0.15, -0.1) is 11.8 Å². The van der Waals surface area contributed by atoms with Gasteiger partial charge in [0.05, 0.1) is 16.6 Å². The molecule has 146 valence electrons. The summed E-state index contributed by atoms with van der Waals surface area (Å²) in [5.41, 5.74) is 1.16. The summed E-state index contributed by atoms with van der Waals surface area (Å²) >= 11 is 7.55. The standard InChI is InChI=1S/C21H20ClNO3S2/c1-27-18-7-2-15(3-8-18)12-13-23-21(24)20-11-6-17(26-20)14-28(25)19-9-4-16(22)5-10-19/h2-11H,12-14H2,1H3,(H,23,24). The molecule has 0 spiro atoms. The van der Waals surface area contributed by atoms with E-state index in [9.17, 15) is 9.00 Å². The summed E-state index contributed by atoms with van der Waals surface area (Å²) in [7, 11) is -1.26. The first kappa shape index (κ1) is 20.7. The van der Waals surface area contributed by atoms with Crippen molar-refractivity contribution in [2.75, 3.05) is 12.8 Å². The number of carbonyl (C=O) groups is 1. The predicted octanol–water partition coefficient (Wildman–Crippen LogP) is 4.94. The monoisotopic (exact) mass is 433 g/mol. The molecule has 4 nitrogen and oxygen atoms in total. The molecule has 0 saturated carbocycles. The number of halogens is 1. The van der Waals surface area contributed by atoms with Crippen molar-refractivity contribution >= 4 is 40.1 Å². The maximum atomic E-state index is 12.4. The van der Waals surface area contributed by atoms with Crippen LogP contribution in [-0.4, -0.2) is 22.9 Å². The molecular formula is C21H20ClNO3S2. The van der Waals surface area contributed by atoms with Gasteiger partial charge in [0, 0.05) is 21.4 Å². The molecule has 0 aliphatic carbocycles. The van der Waals surface area contributed by atoms with Crippen LogP contribution in [0.1, 0.15) is 21.9 Å². The van der Waals surface area contributed by atoms with Crippen LogP contribution in [0.2, 0.25) is 5.02 Å². The van der Waals surface area contributed by atoms with Crippen LogP contribution in [0.25, 0.3) is 0 Å². The fraction of sp³-hybridized carbons (Fsp3) is 0.190. The van der Waals surface area contributed by atoms with E-state index in [2.05, 4.69) is 29.6 Å². The molecule has 7 heteroatoms. The molecule has 0 radical (unpaired) electrons. The van der Waals surface area contributed by atoms with E-state index in [1.165, 1.54) is 4.90 Å². The minimum Gasteiger partial charge on any atom is -0.455 e. The number of nitrogens with one attached hydrogen (secondary N) is 1. The summed E-state index contributed by atoms with van der Waals surface area (Å²) in [6.07, 6.45) is 2.78. The number of hydrogen-bond acceptors (Lipinski definition) is 4. The third-order valence-corrected chi connectivity index (χ3v) is 6.43. The fourth-order valence-corrected chi connectivity index (χ4v) is 4.13. The van der Waals surface area contributed by atoms with Crippen molar-refractivity contribution in [3.05, 3.63) is 82.8 Å². The summed E-state index contributed by atoms with van der Waals surface area (Å²) < 4.78 is 17.9. The molecule has 0 aliphatic heterocycles. The minimum absolute atomic E-state index is 0.205. The number of rotatable bonds is 8. The van der Waals surface area contributed by atoms with Crippen molar-refractivity contribution < 1.29 is 13.4 Å². The number of benzene rings is 2. The zero-order valence-corrected chi connectivity index (χ0v) is 17.7. The normalized spacial score (nSPS) is 11.9. The lowest BCUT2D eigenvalue weighted by atomic mass is 10.1. The Morgan fingerprint density at radius 3 is 2.46 bits per heavy atom. The SMILES string of the molecule is CSc1ccc(CCNC(=O)c2ccc(CS(=O)c3ccc(Cl)cc3)o2)cc1. The van der Waals surface area contributed by atoms with E-state index in [1.54, 1.807) is 48.2 Å². The molecule has 1 aromatic heterocycles. The first-order chi connectivity index (χ1) is 13.5. The van der Waals surface area contributed by atoms with Crippen LogP contribution in [0.15, 0.2) is 74.9 Å². The Hall–Kier alpha value is -2.02. The Kier molecular flexibility index (Phi) is 7.36. The largest absolute Gasteiger partial charge is 0.455 e. The Bertz CT molecular complexity index is 953. The van der Waals surface area contributed by atoms with Gasteiger partial charge in [-0.25, -0.2) is 0 Å². The van der Waals surface area contributed by atoms with Crippen LogP contribution in [0.5, 0.6) is 0 Å². The molecule has 28 heavy (non-hydrogen) atoms. The van der Waals surface area contributed by atoms with Crippen LogP contribution in [0.3, 0.4) is 0 Å². The second-order valence-electron chi connectivity index (χ2n) is 6.06. The van der Waals surface area contributed by atoms with E-state index in [0.29, 0.717) is 22.2 Å². The Morgan fingerprint density at radius 2 is 1.79 bits per heavy atom. The van der Waals surface area contributed by atoms with Gasteiger partial charge in [-0.05, 0) is 66.8 Å². The highest BCUT2D eigenvalue weighted by atomic mass is 35.5. The molecule has 3 aromatic rings. The van der Waals surface area contributed by atoms with Crippen molar-refractivity contribution in [1.82, 2.24) is 5.32 Å². The molecule has 0 fully saturated rings. The number of amides is 1. The minimum atomic E-state index is -1.26. The van der Waals surface area contributed by atoms with Gasteiger partial charge in [-0.3, -0.25) is 9.00 Å². The molecule has 1 amide bonds. The number of furan rings is 1. The summed E-state index contributed by atoms with van der Waals surface area (Å²) in [5, 5.41) is 3.45. The maximum absolute atomic E-state index is 12.4. The summed E-state index contributed by atoms with van der Waals surface area (Å²) in [4.78, 5) is 14.1. The molecule has 1 N–H and O–H groups in total. The first-order valence-corrected chi connectivity index (χ1v) is 11.6. The first-order valence-electron chi connectivity index (χ1n) is 8.69. The lowest BCUT2D eigenvalue weighted by molar-refractivity contribution is 0.0925. The van der Waals surface area contributed by atoms with E-state index >= 15 is 0 Å². The maximum Gasteiger partial charge on any atom is 0.287 e. The Balaban J connectivity index is 1.50. The Morgan fingerprint density at radius 1 is 1.07 bits per heavy atom. The molecule has 0 saturated heterocycles. The van der Waals surface area contributed by atoms with Crippen molar-refractivity contribution in [2.45, 2.75) is 22.0 Å². The van der Waals surface area contributed by atoms with Gasteiger partial charge < -0.3 is 9.73 Å². The second kappa shape index (κ2) is 9.96. The van der Waals surface area contributed by atoms with Crippen LogP contribution >= 0.6 is 23.4 Å². The van der Waals surface area contributed by atoms with Crippen molar-refractivity contribution in [2.24, 2.45) is 0 Å². The van der Waals surface area contributed by atoms with Gasteiger partial charge in [0.15, 0.2) is 5.76 Å². The van der Waals surface area contributed by atoms with Gasteiger partial charge in [0.1, 0.15) is 5.76 Å². The zero-order chi connectivity index (χ0) is 19.9. The van der Waals surface area contributed by atoms with Crippen LogP contribution in [0, 0.1) is 0 Å². The molecule has 2 aromatic carbocycles. The molecule has 3 rings (SSSR count). The molecule has 0 bridgehead atoms. The van der Waals surface area contributed by atoms with E-state index in [0.717, 1.165) is 12.0 Å². The van der Waals surface area contributed by atoms with Gasteiger partial charge in [0.25, 0.3) is 5.91 Å². The predicted molar refractivity (Wildman–Crippen MR) is 115 cm³/mol. The fourth-order valence-electron chi connectivity index (χ4n) is 2.58. The van der Waals surface area contributed by atoms with Crippen molar-refractivity contribution in [3.8, 4) is 0 Å². The van der Waals surface area contributed by atoms with E-state index in [4.69, 9.17) is 16.0 Å². The summed E-state index contributed by atoms with van der Waals surface area (Å²) in [5.74, 6) is 0.660. The van der Waals surface area contributed by atoms with E-state index in [-0.39, 0.29) is 17.4 Å². The lowest BCUT2D eigenvalue weighted by Crippen LogP contribution is -2.25. The summed E-state index contributed by atoms with van der Waals surface area (Å²) in [6, 6.07) is 18.4. The molecule has 1 unspecified atom stereocenters. The third-order valence-electron chi connectivity index (χ3n) is 4.09.